The summed E-state index contributed by atoms with van der Waals surface area (Å²) in [6.45, 7) is 5.30. The molecule has 0 amide bonds. The van der Waals surface area contributed by atoms with E-state index in [4.69, 9.17) is 5.53 Å². The molecule has 0 aliphatic carbocycles. The van der Waals surface area contributed by atoms with Gasteiger partial charge in [-0.15, -0.1) is 11.3 Å². The standard InChI is InChI=1S/C10H11N5OS/c1-5-4-17-10-12-8(7(3)13-14-11)6(2)9(16)15(5)10/h4,7H,1-3H3. The van der Waals surface area contributed by atoms with E-state index in [9.17, 15) is 4.79 Å². The second-order valence-electron chi connectivity index (χ2n) is 3.80. The average Bonchev–Trinajstić information content (AvgIpc) is 2.65. The number of fused-ring (bicyclic) bond motifs is 1. The summed E-state index contributed by atoms with van der Waals surface area (Å²) in [4.78, 5) is 19.9. The van der Waals surface area contributed by atoms with Crippen molar-refractivity contribution in [1.82, 2.24) is 9.38 Å². The topological polar surface area (TPSA) is 83.1 Å². The highest BCUT2D eigenvalue weighted by molar-refractivity contribution is 7.15. The molecule has 0 spiro atoms. The second kappa shape index (κ2) is 4.20. The summed E-state index contributed by atoms with van der Waals surface area (Å²) in [7, 11) is 0. The van der Waals surface area contributed by atoms with E-state index in [-0.39, 0.29) is 5.56 Å². The zero-order valence-corrected chi connectivity index (χ0v) is 10.5. The highest BCUT2D eigenvalue weighted by Gasteiger charge is 2.15. The van der Waals surface area contributed by atoms with Crippen LogP contribution in [0.3, 0.4) is 0 Å². The van der Waals surface area contributed by atoms with Gasteiger partial charge >= 0.3 is 0 Å². The summed E-state index contributed by atoms with van der Waals surface area (Å²) >= 11 is 1.40. The maximum atomic E-state index is 12.1. The molecular weight excluding hydrogens is 238 g/mol. The second-order valence-corrected chi connectivity index (χ2v) is 4.64. The van der Waals surface area contributed by atoms with Gasteiger partial charge in [-0.05, 0) is 19.4 Å². The molecule has 88 valence electrons. The van der Waals surface area contributed by atoms with Gasteiger partial charge in [-0.25, -0.2) is 4.98 Å². The van der Waals surface area contributed by atoms with Gasteiger partial charge in [-0.2, -0.15) is 0 Å². The first-order valence-corrected chi connectivity index (χ1v) is 5.95. The number of hydrogen-bond acceptors (Lipinski definition) is 4. The largest absolute Gasteiger partial charge is 0.269 e. The van der Waals surface area contributed by atoms with Crippen molar-refractivity contribution >= 4 is 16.3 Å². The summed E-state index contributed by atoms with van der Waals surface area (Å²) in [5.41, 5.74) is 10.3. The fourth-order valence-corrected chi connectivity index (χ4v) is 2.59. The van der Waals surface area contributed by atoms with E-state index in [2.05, 4.69) is 15.0 Å². The zero-order valence-electron chi connectivity index (χ0n) is 9.71. The minimum absolute atomic E-state index is 0.0938. The van der Waals surface area contributed by atoms with Gasteiger partial charge in [-0.1, -0.05) is 12.0 Å². The van der Waals surface area contributed by atoms with Crippen molar-refractivity contribution in [2.24, 2.45) is 5.11 Å². The lowest BCUT2D eigenvalue weighted by Crippen LogP contribution is -2.20. The van der Waals surface area contributed by atoms with E-state index in [1.54, 1.807) is 18.2 Å². The lowest BCUT2D eigenvalue weighted by Gasteiger charge is -2.08. The maximum Gasteiger partial charge on any atom is 0.261 e. The highest BCUT2D eigenvalue weighted by atomic mass is 32.1. The summed E-state index contributed by atoms with van der Waals surface area (Å²) in [5, 5.41) is 5.47. The quantitative estimate of drug-likeness (QED) is 0.465. The number of nitrogens with zero attached hydrogens (tertiary/aromatic N) is 5. The molecule has 0 saturated heterocycles. The fraction of sp³-hybridized carbons (Fsp3) is 0.400. The molecule has 0 aromatic carbocycles. The predicted molar refractivity (Wildman–Crippen MR) is 66.4 cm³/mol. The van der Waals surface area contributed by atoms with Crippen LogP contribution in [0.4, 0.5) is 0 Å². The van der Waals surface area contributed by atoms with Gasteiger partial charge in [0, 0.05) is 21.5 Å². The van der Waals surface area contributed by atoms with Crippen LogP contribution in [0.1, 0.15) is 29.9 Å². The molecule has 0 aliphatic heterocycles. The third kappa shape index (κ3) is 1.79. The molecule has 0 radical (unpaired) electrons. The van der Waals surface area contributed by atoms with Crippen LogP contribution < -0.4 is 5.56 Å². The van der Waals surface area contributed by atoms with Crippen molar-refractivity contribution in [3.63, 3.8) is 0 Å². The molecule has 7 heteroatoms. The van der Waals surface area contributed by atoms with Gasteiger partial charge in [0.05, 0.1) is 11.7 Å². The number of thiazole rings is 1. The summed E-state index contributed by atoms with van der Waals surface area (Å²) in [6.07, 6.45) is 0. The molecule has 0 fully saturated rings. The van der Waals surface area contributed by atoms with Crippen molar-refractivity contribution in [3.05, 3.63) is 43.1 Å². The Hall–Kier alpha value is -1.85. The molecule has 0 saturated carbocycles. The first-order valence-electron chi connectivity index (χ1n) is 5.07. The van der Waals surface area contributed by atoms with Crippen molar-refractivity contribution < 1.29 is 0 Å². The molecule has 17 heavy (non-hydrogen) atoms. The smallest absolute Gasteiger partial charge is 0.261 e. The van der Waals surface area contributed by atoms with Crippen molar-refractivity contribution in [2.75, 3.05) is 0 Å². The first-order chi connectivity index (χ1) is 8.06. The molecule has 0 aliphatic rings. The third-order valence-electron chi connectivity index (χ3n) is 2.62. The average molecular weight is 249 g/mol. The van der Waals surface area contributed by atoms with Gasteiger partial charge < -0.3 is 0 Å². The molecule has 1 unspecified atom stereocenters. The number of hydrogen-bond donors (Lipinski definition) is 0. The first kappa shape index (κ1) is 11.6. The van der Waals surface area contributed by atoms with Crippen LogP contribution in [0.5, 0.6) is 0 Å². The zero-order chi connectivity index (χ0) is 12.6. The predicted octanol–water partition coefficient (Wildman–Crippen LogP) is 2.74. The van der Waals surface area contributed by atoms with E-state index < -0.39 is 6.04 Å². The normalized spacial score (nSPS) is 12.4. The molecule has 2 rings (SSSR count). The van der Waals surface area contributed by atoms with Gasteiger partial charge in [0.2, 0.25) is 0 Å². The molecule has 0 N–H and O–H groups in total. The Morgan fingerprint density at radius 1 is 1.59 bits per heavy atom. The minimum atomic E-state index is -0.430. The number of aromatic nitrogens is 2. The van der Waals surface area contributed by atoms with Gasteiger partial charge in [-0.3, -0.25) is 9.20 Å². The van der Waals surface area contributed by atoms with Crippen LogP contribution in [-0.4, -0.2) is 9.38 Å². The Labute approximate surface area is 101 Å². The van der Waals surface area contributed by atoms with Crippen LogP contribution in [-0.2, 0) is 0 Å². The fourth-order valence-electron chi connectivity index (χ4n) is 1.72. The number of azide groups is 1. The van der Waals surface area contributed by atoms with Crippen molar-refractivity contribution in [2.45, 2.75) is 26.8 Å². The molecule has 2 aromatic heterocycles. The summed E-state index contributed by atoms with van der Waals surface area (Å²) in [5.74, 6) is 0. The van der Waals surface area contributed by atoms with E-state index in [1.165, 1.54) is 11.3 Å². The van der Waals surface area contributed by atoms with Crippen LogP contribution in [0, 0.1) is 13.8 Å². The Kier molecular flexibility index (Phi) is 2.87. The van der Waals surface area contributed by atoms with Crippen LogP contribution in [0.2, 0.25) is 0 Å². The molecule has 6 nitrogen and oxygen atoms in total. The SMILES string of the molecule is Cc1c(C(C)N=[N+]=[N-])nc2scc(C)n2c1=O. The van der Waals surface area contributed by atoms with Crippen LogP contribution in [0.15, 0.2) is 15.3 Å². The van der Waals surface area contributed by atoms with Crippen LogP contribution in [0.25, 0.3) is 15.4 Å². The molecule has 0 bridgehead atoms. The van der Waals surface area contributed by atoms with E-state index in [1.807, 2.05) is 12.3 Å². The van der Waals surface area contributed by atoms with E-state index >= 15 is 0 Å². The maximum absolute atomic E-state index is 12.1. The van der Waals surface area contributed by atoms with Gasteiger partial charge in [0.1, 0.15) is 0 Å². The van der Waals surface area contributed by atoms with E-state index in [0.717, 1.165) is 5.69 Å². The Morgan fingerprint density at radius 3 is 2.94 bits per heavy atom. The lowest BCUT2D eigenvalue weighted by molar-refractivity contribution is 0.755. The molecular formula is C10H11N5OS. The van der Waals surface area contributed by atoms with Crippen molar-refractivity contribution in [3.8, 4) is 0 Å². The third-order valence-corrected chi connectivity index (χ3v) is 3.57. The van der Waals surface area contributed by atoms with Gasteiger partial charge in [0.15, 0.2) is 4.96 Å². The van der Waals surface area contributed by atoms with Crippen molar-refractivity contribution in [1.29, 1.82) is 0 Å². The molecule has 2 aromatic rings. The lowest BCUT2D eigenvalue weighted by atomic mass is 10.1. The highest BCUT2D eigenvalue weighted by Crippen LogP contribution is 2.20. The number of aryl methyl sites for hydroxylation is 1. The number of rotatable bonds is 2. The summed E-state index contributed by atoms with van der Waals surface area (Å²) in [6, 6.07) is -0.430. The summed E-state index contributed by atoms with van der Waals surface area (Å²) < 4.78 is 1.58. The molecule has 1 atom stereocenters. The Bertz CT molecular complexity index is 680. The van der Waals surface area contributed by atoms with E-state index in [0.29, 0.717) is 16.2 Å². The minimum Gasteiger partial charge on any atom is -0.269 e. The van der Waals surface area contributed by atoms with Gasteiger partial charge in [0.25, 0.3) is 5.56 Å². The monoisotopic (exact) mass is 249 g/mol. The Morgan fingerprint density at radius 2 is 2.29 bits per heavy atom. The van der Waals surface area contributed by atoms with Crippen LogP contribution >= 0.6 is 11.3 Å². The Balaban J connectivity index is 2.79. The molecule has 2 heterocycles.